The lowest BCUT2D eigenvalue weighted by Gasteiger charge is -2.21. The zero-order valence-electron chi connectivity index (χ0n) is 14.7. The van der Waals surface area contributed by atoms with Crippen molar-refractivity contribution in [3.63, 3.8) is 0 Å². The van der Waals surface area contributed by atoms with Crippen molar-refractivity contribution in [1.82, 2.24) is 5.32 Å². The molecule has 4 heteroatoms. The number of nitrogens with one attached hydrogen (secondary N) is 1. The smallest absolute Gasteiger partial charge is 0.165 e. The van der Waals surface area contributed by atoms with Gasteiger partial charge in [-0.1, -0.05) is 30.3 Å². The lowest BCUT2D eigenvalue weighted by atomic mass is 9.96. The Morgan fingerprint density at radius 3 is 2.64 bits per heavy atom. The maximum absolute atomic E-state index is 13.6. The van der Waals surface area contributed by atoms with Crippen LogP contribution in [0, 0.1) is 5.82 Å². The Labute approximate surface area is 148 Å². The first kappa shape index (κ1) is 17.6. The van der Waals surface area contributed by atoms with Gasteiger partial charge in [-0.3, -0.25) is 4.79 Å². The first-order valence-corrected chi connectivity index (χ1v) is 8.75. The van der Waals surface area contributed by atoms with Crippen molar-refractivity contribution in [2.75, 3.05) is 7.11 Å². The van der Waals surface area contributed by atoms with Crippen LogP contribution in [0.5, 0.6) is 5.75 Å². The molecular weight excluding hydrogens is 317 g/mol. The molecule has 25 heavy (non-hydrogen) atoms. The summed E-state index contributed by atoms with van der Waals surface area (Å²) in [5.41, 5.74) is 3.04. The van der Waals surface area contributed by atoms with E-state index in [4.69, 9.17) is 4.74 Å². The van der Waals surface area contributed by atoms with E-state index < -0.39 is 0 Å². The summed E-state index contributed by atoms with van der Waals surface area (Å²) in [5, 5.41) is 3.65. The van der Waals surface area contributed by atoms with Crippen LogP contribution in [0.1, 0.15) is 59.6 Å². The first-order valence-electron chi connectivity index (χ1n) is 8.75. The highest BCUT2D eigenvalue weighted by atomic mass is 19.1. The number of hydrogen-bond acceptors (Lipinski definition) is 3. The van der Waals surface area contributed by atoms with Crippen LogP contribution in [-0.4, -0.2) is 19.4 Å². The molecule has 1 aliphatic rings. The van der Waals surface area contributed by atoms with E-state index in [1.807, 2.05) is 12.1 Å². The molecule has 132 valence electrons. The normalized spacial score (nSPS) is 21.1. The van der Waals surface area contributed by atoms with Crippen molar-refractivity contribution < 1.29 is 13.9 Å². The predicted molar refractivity (Wildman–Crippen MR) is 96.7 cm³/mol. The number of aldehydes is 1. The molecule has 0 saturated heterocycles. The van der Waals surface area contributed by atoms with Crippen molar-refractivity contribution in [2.45, 2.75) is 44.2 Å². The van der Waals surface area contributed by atoms with Gasteiger partial charge in [0.2, 0.25) is 0 Å². The molecule has 2 aromatic rings. The summed E-state index contributed by atoms with van der Waals surface area (Å²) in [4.78, 5) is 10.8. The number of halogens is 1. The van der Waals surface area contributed by atoms with Gasteiger partial charge in [0.05, 0.1) is 7.11 Å². The second-order valence-electron chi connectivity index (χ2n) is 6.77. The van der Waals surface area contributed by atoms with Gasteiger partial charge in [0.15, 0.2) is 11.6 Å². The number of carbonyl (C=O) groups is 1. The third-order valence-electron chi connectivity index (χ3n) is 5.14. The van der Waals surface area contributed by atoms with E-state index in [2.05, 4.69) is 24.4 Å². The number of hydrogen-bond donors (Lipinski definition) is 1. The largest absolute Gasteiger partial charge is 0.494 e. The summed E-state index contributed by atoms with van der Waals surface area (Å²) in [6.07, 6.45) is 4.20. The van der Waals surface area contributed by atoms with E-state index in [1.54, 1.807) is 12.1 Å². The van der Waals surface area contributed by atoms with Crippen molar-refractivity contribution in [3.8, 4) is 5.75 Å². The number of ether oxygens (including phenoxy) is 1. The predicted octanol–water partition coefficient (Wildman–Crippen LogP) is 4.63. The minimum Gasteiger partial charge on any atom is -0.494 e. The van der Waals surface area contributed by atoms with Crippen molar-refractivity contribution in [3.05, 3.63) is 65.0 Å². The summed E-state index contributed by atoms with van der Waals surface area (Å²) in [6.45, 7) is 2.10. The molecule has 0 aliphatic heterocycles. The van der Waals surface area contributed by atoms with Crippen molar-refractivity contribution >= 4 is 6.29 Å². The summed E-state index contributed by atoms with van der Waals surface area (Å²) >= 11 is 0. The van der Waals surface area contributed by atoms with Gasteiger partial charge < -0.3 is 10.1 Å². The van der Waals surface area contributed by atoms with Gasteiger partial charge in [-0.15, -0.1) is 0 Å². The van der Waals surface area contributed by atoms with E-state index in [-0.39, 0.29) is 17.6 Å². The second kappa shape index (κ2) is 7.79. The Kier molecular flexibility index (Phi) is 5.49. The number of carbonyl (C=O) groups excluding carboxylic acids is 1. The molecule has 3 unspecified atom stereocenters. The monoisotopic (exact) mass is 341 g/mol. The van der Waals surface area contributed by atoms with Gasteiger partial charge in [-0.05, 0) is 55.4 Å². The summed E-state index contributed by atoms with van der Waals surface area (Å²) in [6, 6.07) is 13.5. The van der Waals surface area contributed by atoms with Gasteiger partial charge >= 0.3 is 0 Å². The van der Waals surface area contributed by atoms with Crippen LogP contribution in [0.4, 0.5) is 4.39 Å². The standard InChI is InChI=1S/C21H24FNO2/c1-14(17-8-10-20(22)21(12-17)25-2)23-19-9-7-18(11-19)16-5-3-15(13-24)4-6-16/h3-6,8,10,12-14,18-19,23H,7,9,11H2,1-2H3. The van der Waals surface area contributed by atoms with E-state index in [0.717, 1.165) is 36.7 Å². The van der Waals surface area contributed by atoms with Crippen LogP contribution in [0.2, 0.25) is 0 Å². The molecular formula is C21H24FNO2. The van der Waals surface area contributed by atoms with Gasteiger partial charge in [0, 0.05) is 17.6 Å². The van der Waals surface area contributed by atoms with E-state index >= 15 is 0 Å². The fourth-order valence-electron chi connectivity index (χ4n) is 3.68. The lowest BCUT2D eigenvalue weighted by molar-refractivity contribution is 0.112. The van der Waals surface area contributed by atoms with Crippen LogP contribution in [0.15, 0.2) is 42.5 Å². The highest BCUT2D eigenvalue weighted by Gasteiger charge is 2.27. The lowest BCUT2D eigenvalue weighted by Crippen LogP contribution is -2.29. The molecule has 1 saturated carbocycles. The number of methoxy groups -OCH3 is 1. The van der Waals surface area contributed by atoms with Gasteiger partial charge in [-0.25, -0.2) is 4.39 Å². The zero-order valence-corrected chi connectivity index (χ0v) is 14.7. The molecule has 0 bridgehead atoms. The minimum atomic E-state index is -0.335. The number of benzene rings is 2. The summed E-state index contributed by atoms with van der Waals surface area (Å²) in [7, 11) is 1.48. The van der Waals surface area contributed by atoms with Crippen molar-refractivity contribution in [1.29, 1.82) is 0 Å². The quantitative estimate of drug-likeness (QED) is 0.778. The van der Waals surface area contributed by atoms with Gasteiger partial charge in [0.1, 0.15) is 6.29 Å². The third kappa shape index (κ3) is 4.07. The average Bonchev–Trinajstić information content (AvgIpc) is 3.10. The topological polar surface area (TPSA) is 38.3 Å². The maximum Gasteiger partial charge on any atom is 0.165 e. The Morgan fingerprint density at radius 1 is 1.20 bits per heavy atom. The molecule has 0 heterocycles. The molecule has 3 atom stereocenters. The Morgan fingerprint density at radius 2 is 1.96 bits per heavy atom. The average molecular weight is 341 g/mol. The molecule has 0 aromatic heterocycles. The molecule has 1 fully saturated rings. The van der Waals surface area contributed by atoms with Gasteiger partial charge in [-0.2, -0.15) is 0 Å². The van der Waals surface area contributed by atoms with Crippen LogP contribution in [0.3, 0.4) is 0 Å². The molecule has 1 N–H and O–H groups in total. The van der Waals surface area contributed by atoms with Crippen molar-refractivity contribution in [2.24, 2.45) is 0 Å². The van der Waals surface area contributed by atoms with E-state index in [0.29, 0.717) is 12.0 Å². The maximum atomic E-state index is 13.6. The van der Waals surface area contributed by atoms with E-state index in [9.17, 15) is 9.18 Å². The van der Waals surface area contributed by atoms with Crippen LogP contribution in [0.25, 0.3) is 0 Å². The molecule has 3 nitrogen and oxygen atoms in total. The van der Waals surface area contributed by atoms with Crippen LogP contribution >= 0.6 is 0 Å². The fourth-order valence-corrected chi connectivity index (χ4v) is 3.68. The Hall–Kier alpha value is -2.20. The Balaban J connectivity index is 1.61. The summed E-state index contributed by atoms with van der Waals surface area (Å²) < 4.78 is 18.6. The van der Waals surface area contributed by atoms with Gasteiger partial charge in [0.25, 0.3) is 0 Å². The van der Waals surface area contributed by atoms with E-state index in [1.165, 1.54) is 18.7 Å². The summed E-state index contributed by atoms with van der Waals surface area (Å²) in [5.74, 6) is 0.469. The minimum absolute atomic E-state index is 0.135. The molecule has 2 aromatic carbocycles. The molecule has 0 amide bonds. The molecule has 0 spiro atoms. The van der Waals surface area contributed by atoms with Crippen LogP contribution < -0.4 is 10.1 Å². The highest BCUT2D eigenvalue weighted by molar-refractivity contribution is 5.74. The highest BCUT2D eigenvalue weighted by Crippen LogP contribution is 2.35. The second-order valence-corrected chi connectivity index (χ2v) is 6.77. The fraction of sp³-hybridized carbons (Fsp3) is 0.381. The zero-order chi connectivity index (χ0) is 17.8. The number of rotatable bonds is 6. The Bertz CT molecular complexity index is 729. The molecule has 0 radical (unpaired) electrons. The third-order valence-corrected chi connectivity index (χ3v) is 5.14. The SMILES string of the molecule is COc1cc(C(C)NC2CCC(c3ccc(C=O)cc3)C2)ccc1F. The first-order chi connectivity index (χ1) is 12.1. The molecule has 3 rings (SSSR count). The van der Waals surface area contributed by atoms with Crippen LogP contribution in [-0.2, 0) is 0 Å². The molecule has 1 aliphatic carbocycles.